The molecule has 2 rings (SSSR count). The van der Waals surface area contributed by atoms with Crippen molar-refractivity contribution in [2.24, 2.45) is 0 Å². The molecule has 1 amide bonds. The number of rotatable bonds is 6. The van der Waals surface area contributed by atoms with Gasteiger partial charge in [-0.2, -0.15) is 0 Å². The Bertz CT molecular complexity index is 650. The number of anilines is 1. The lowest BCUT2D eigenvalue weighted by Gasteiger charge is -2.09. The van der Waals surface area contributed by atoms with Crippen molar-refractivity contribution < 1.29 is 9.53 Å². The summed E-state index contributed by atoms with van der Waals surface area (Å²) in [6, 6.07) is 3.80. The first-order valence-corrected chi connectivity index (χ1v) is 8.14. The van der Waals surface area contributed by atoms with E-state index >= 15 is 0 Å². The van der Waals surface area contributed by atoms with Gasteiger partial charge in [-0.15, -0.1) is 10.2 Å². The van der Waals surface area contributed by atoms with Crippen LogP contribution in [0.15, 0.2) is 12.1 Å². The van der Waals surface area contributed by atoms with Crippen LogP contribution in [-0.4, -0.2) is 22.7 Å². The normalized spacial score (nSPS) is 10.5. The van der Waals surface area contributed by atoms with Gasteiger partial charge in [0.05, 0.1) is 6.61 Å². The predicted octanol–water partition coefficient (Wildman–Crippen LogP) is 3.91. The van der Waals surface area contributed by atoms with Crippen LogP contribution in [0.25, 0.3) is 0 Å². The fourth-order valence-electron chi connectivity index (χ4n) is 1.94. The van der Waals surface area contributed by atoms with Crippen LogP contribution in [0.5, 0.6) is 5.75 Å². The molecule has 0 fully saturated rings. The summed E-state index contributed by atoms with van der Waals surface area (Å²) in [5.74, 6) is 0.697. The molecule has 7 heteroatoms. The molecule has 0 aliphatic heterocycles. The number of nitrogens with one attached hydrogen (secondary N) is 1. The lowest BCUT2D eigenvalue weighted by atomic mass is 10.1. The van der Waals surface area contributed by atoms with Gasteiger partial charge in [-0.25, -0.2) is 0 Å². The summed E-state index contributed by atoms with van der Waals surface area (Å²) in [6.07, 6.45) is 1.01. The van der Waals surface area contributed by atoms with Gasteiger partial charge in [-0.1, -0.05) is 22.9 Å². The average molecular weight is 340 g/mol. The Balaban J connectivity index is 1.74. The third-order valence-electron chi connectivity index (χ3n) is 3.00. The molecule has 0 radical (unpaired) electrons. The summed E-state index contributed by atoms with van der Waals surface area (Å²) in [5, 5.41) is 12.5. The van der Waals surface area contributed by atoms with E-state index in [0.29, 0.717) is 24.6 Å². The van der Waals surface area contributed by atoms with Crippen molar-refractivity contribution in [2.75, 3.05) is 11.9 Å². The number of benzene rings is 1. The van der Waals surface area contributed by atoms with Gasteiger partial charge in [0, 0.05) is 11.4 Å². The SMILES string of the molecule is Cc1nnc(NC(=O)CCCOc2cc(C)c(Cl)c(C)c2)s1. The van der Waals surface area contributed by atoms with Crippen LogP contribution in [0.1, 0.15) is 29.0 Å². The number of ether oxygens (including phenoxy) is 1. The van der Waals surface area contributed by atoms with Crippen LogP contribution in [0.4, 0.5) is 5.13 Å². The van der Waals surface area contributed by atoms with Crippen LogP contribution in [-0.2, 0) is 4.79 Å². The number of carbonyl (C=O) groups excluding carboxylic acids is 1. The molecule has 0 spiro atoms. The van der Waals surface area contributed by atoms with Crippen molar-refractivity contribution in [3.63, 3.8) is 0 Å². The summed E-state index contributed by atoms with van der Waals surface area (Å²) in [4.78, 5) is 11.7. The van der Waals surface area contributed by atoms with E-state index in [-0.39, 0.29) is 5.91 Å². The highest BCUT2D eigenvalue weighted by atomic mass is 35.5. The van der Waals surface area contributed by atoms with Crippen LogP contribution in [0, 0.1) is 20.8 Å². The van der Waals surface area contributed by atoms with Crippen molar-refractivity contribution in [3.05, 3.63) is 33.3 Å². The minimum Gasteiger partial charge on any atom is -0.494 e. The minimum absolute atomic E-state index is 0.0804. The summed E-state index contributed by atoms with van der Waals surface area (Å²) >= 11 is 7.47. The van der Waals surface area contributed by atoms with Crippen molar-refractivity contribution >= 4 is 34.0 Å². The van der Waals surface area contributed by atoms with E-state index < -0.39 is 0 Å². The molecular formula is C15H18ClN3O2S. The first-order valence-electron chi connectivity index (χ1n) is 6.95. The topological polar surface area (TPSA) is 64.1 Å². The summed E-state index contributed by atoms with van der Waals surface area (Å²) in [6.45, 7) is 6.21. The van der Waals surface area contributed by atoms with Crippen LogP contribution in [0.2, 0.25) is 5.02 Å². The van der Waals surface area contributed by atoms with Crippen molar-refractivity contribution in [3.8, 4) is 5.75 Å². The lowest BCUT2D eigenvalue weighted by molar-refractivity contribution is -0.116. The zero-order chi connectivity index (χ0) is 16.1. The number of carbonyl (C=O) groups is 1. The number of halogens is 1. The van der Waals surface area contributed by atoms with Crippen molar-refractivity contribution in [1.82, 2.24) is 10.2 Å². The zero-order valence-electron chi connectivity index (χ0n) is 12.8. The van der Waals surface area contributed by atoms with Crippen molar-refractivity contribution in [2.45, 2.75) is 33.6 Å². The molecule has 0 aliphatic rings. The minimum atomic E-state index is -0.0804. The molecule has 1 heterocycles. The molecule has 1 aromatic heterocycles. The fraction of sp³-hybridized carbons (Fsp3) is 0.400. The van der Waals surface area contributed by atoms with Gasteiger partial charge in [0.1, 0.15) is 10.8 Å². The van der Waals surface area contributed by atoms with Gasteiger partial charge in [-0.3, -0.25) is 4.79 Å². The average Bonchev–Trinajstić information content (AvgIpc) is 2.86. The largest absolute Gasteiger partial charge is 0.494 e. The Kier molecular flexibility index (Phi) is 5.74. The van der Waals surface area contributed by atoms with Gasteiger partial charge in [0.2, 0.25) is 11.0 Å². The second-order valence-electron chi connectivity index (χ2n) is 5.00. The zero-order valence-corrected chi connectivity index (χ0v) is 14.3. The highest BCUT2D eigenvalue weighted by molar-refractivity contribution is 7.15. The Morgan fingerprint density at radius 2 is 1.95 bits per heavy atom. The Morgan fingerprint density at radius 3 is 2.55 bits per heavy atom. The lowest BCUT2D eigenvalue weighted by Crippen LogP contribution is -2.12. The molecule has 0 unspecified atom stereocenters. The van der Waals surface area contributed by atoms with Gasteiger partial charge >= 0.3 is 0 Å². The molecule has 0 bridgehead atoms. The standard InChI is InChI=1S/C15H18ClN3O2S/c1-9-7-12(8-10(2)14(9)16)21-6-4-5-13(20)17-15-19-18-11(3)22-15/h7-8H,4-6H2,1-3H3,(H,17,19,20). The molecule has 22 heavy (non-hydrogen) atoms. The smallest absolute Gasteiger partial charge is 0.226 e. The summed E-state index contributed by atoms with van der Waals surface area (Å²) in [5.41, 5.74) is 1.97. The molecule has 0 saturated heterocycles. The maximum Gasteiger partial charge on any atom is 0.226 e. The molecule has 1 aromatic carbocycles. The van der Waals surface area contributed by atoms with E-state index in [4.69, 9.17) is 16.3 Å². The van der Waals surface area contributed by atoms with E-state index in [2.05, 4.69) is 15.5 Å². The predicted molar refractivity (Wildman–Crippen MR) is 88.9 cm³/mol. The summed E-state index contributed by atoms with van der Waals surface area (Å²) < 4.78 is 5.66. The summed E-state index contributed by atoms with van der Waals surface area (Å²) in [7, 11) is 0. The molecule has 0 aliphatic carbocycles. The van der Waals surface area contributed by atoms with Crippen LogP contribution >= 0.6 is 22.9 Å². The van der Waals surface area contributed by atoms with Gasteiger partial charge < -0.3 is 10.1 Å². The number of aromatic nitrogens is 2. The monoisotopic (exact) mass is 339 g/mol. The molecule has 0 atom stereocenters. The number of nitrogens with zero attached hydrogens (tertiary/aromatic N) is 2. The van der Waals surface area contributed by atoms with E-state index in [1.165, 1.54) is 11.3 Å². The maximum atomic E-state index is 11.7. The van der Waals surface area contributed by atoms with E-state index in [9.17, 15) is 4.79 Å². The second kappa shape index (κ2) is 7.56. The first-order chi connectivity index (χ1) is 10.5. The Labute approximate surface area is 138 Å². The van der Waals surface area contributed by atoms with E-state index in [0.717, 1.165) is 26.9 Å². The number of hydrogen-bond acceptors (Lipinski definition) is 5. The first kappa shape index (κ1) is 16.7. The molecular weight excluding hydrogens is 322 g/mol. The highest BCUT2D eigenvalue weighted by Gasteiger charge is 2.07. The quantitative estimate of drug-likeness (QED) is 0.810. The number of amides is 1. The molecule has 118 valence electrons. The van der Waals surface area contributed by atoms with Crippen LogP contribution < -0.4 is 10.1 Å². The van der Waals surface area contributed by atoms with Gasteiger partial charge in [-0.05, 0) is 50.5 Å². The molecule has 5 nitrogen and oxygen atoms in total. The maximum absolute atomic E-state index is 11.7. The van der Waals surface area contributed by atoms with E-state index in [1.807, 2.05) is 32.9 Å². The number of aryl methyl sites for hydroxylation is 3. The highest BCUT2D eigenvalue weighted by Crippen LogP contribution is 2.26. The Morgan fingerprint density at radius 1 is 1.27 bits per heavy atom. The molecule has 1 N–H and O–H groups in total. The van der Waals surface area contributed by atoms with Gasteiger partial charge in [0.25, 0.3) is 0 Å². The second-order valence-corrected chi connectivity index (χ2v) is 6.56. The van der Waals surface area contributed by atoms with Gasteiger partial charge in [0.15, 0.2) is 0 Å². The van der Waals surface area contributed by atoms with Crippen molar-refractivity contribution in [1.29, 1.82) is 0 Å². The molecule has 0 saturated carbocycles. The third kappa shape index (κ3) is 4.68. The third-order valence-corrected chi connectivity index (χ3v) is 4.35. The molecule has 2 aromatic rings. The van der Waals surface area contributed by atoms with Crippen LogP contribution in [0.3, 0.4) is 0 Å². The number of hydrogen-bond donors (Lipinski definition) is 1. The van der Waals surface area contributed by atoms with E-state index in [1.54, 1.807) is 0 Å². The Hall–Kier alpha value is -1.66. The fourth-order valence-corrected chi connectivity index (χ4v) is 2.66.